The number of rotatable bonds is 4. The molecule has 0 radical (unpaired) electrons. The molecule has 0 saturated carbocycles. The van der Waals surface area contributed by atoms with Crippen molar-refractivity contribution in [2.45, 2.75) is 17.8 Å². The fourth-order valence-electron chi connectivity index (χ4n) is 0.293. The molecule has 7 heteroatoms. The molecule has 0 spiro atoms. The maximum absolute atomic E-state index is 5.76. The molecule has 0 aromatic heterocycles. The molecule has 0 bridgehead atoms. The van der Waals surface area contributed by atoms with Crippen molar-refractivity contribution >= 4 is 60.4 Å². The van der Waals surface area contributed by atoms with Crippen molar-refractivity contribution in [3.63, 3.8) is 0 Å². The van der Waals surface area contributed by atoms with E-state index in [0.29, 0.717) is 6.61 Å². The third-order valence-corrected chi connectivity index (χ3v) is 11.3. The van der Waals surface area contributed by atoms with Crippen LogP contribution >= 0.6 is 39.2 Å². The summed E-state index contributed by atoms with van der Waals surface area (Å²) in [5, 5.41) is 3.63. The second-order valence-electron chi connectivity index (χ2n) is 2.00. The molecule has 0 amide bonds. The van der Waals surface area contributed by atoms with Gasteiger partial charge in [0.2, 0.25) is 0 Å². The Morgan fingerprint density at radius 1 is 1.50 bits per heavy atom. The van der Waals surface area contributed by atoms with Gasteiger partial charge in [0.05, 0.1) is 0 Å². The van der Waals surface area contributed by atoms with Gasteiger partial charge in [0, 0.05) is 0 Å². The van der Waals surface area contributed by atoms with Crippen molar-refractivity contribution in [3.8, 4) is 0 Å². The van der Waals surface area contributed by atoms with Crippen LogP contribution in [0.5, 0.6) is 0 Å². The molecular formula is C5H11Cl4NOSn. The number of oxime groups is 1. The molecule has 0 aliphatic heterocycles. The third-order valence-electron chi connectivity index (χ3n) is 1.00. The summed E-state index contributed by atoms with van der Waals surface area (Å²) < 4.78 is -0.0409. The molecule has 1 atom stereocenters. The Hall–Kier alpha value is 1.43. The molecule has 12 heavy (non-hydrogen) atoms. The van der Waals surface area contributed by atoms with Gasteiger partial charge in [-0.1, -0.05) is 0 Å². The molecule has 0 fully saturated rings. The van der Waals surface area contributed by atoms with E-state index in [4.69, 9.17) is 31.6 Å². The van der Waals surface area contributed by atoms with Crippen molar-refractivity contribution in [2.75, 3.05) is 6.61 Å². The number of nitrogens with zero attached hydrogens (tertiary/aromatic N) is 1. The average molecular weight is 362 g/mol. The molecular weight excluding hydrogens is 351 g/mol. The molecule has 2 nitrogen and oxygen atoms in total. The van der Waals surface area contributed by atoms with Gasteiger partial charge in [0.25, 0.3) is 0 Å². The van der Waals surface area contributed by atoms with Crippen LogP contribution in [-0.4, -0.2) is 27.8 Å². The average Bonchev–Trinajstić information content (AvgIpc) is 1.86. The first-order valence-electron chi connectivity index (χ1n) is 3.20. The van der Waals surface area contributed by atoms with E-state index in [1.165, 1.54) is 0 Å². The van der Waals surface area contributed by atoms with Crippen LogP contribution in [0.1, 0.15) is 13.8 Å². The van der Waals surface area contributed by atoms with E-state index in [2.05, 4.69) is 5.16 Å². The van der Waals surface area contributed by atoms with E-state index >= 15 is 0 Å². The van der Waals surface area contributed by atoms with Gasteiger partial charge in [-0.25, -0.2) is 0 Å². The molecule has 0 aromatic carbocycles. The first kappa shape index (κ1) is 15.9. The Kier molecular flexibility index (Phi) is 10.3. The second kappa shape index (κ2) is 7.80. The van der Waals surface area contributed by atoms with Crippen LogP contribution in [0.2, 0.25) is 3.93 Å². The fraction of sp³-hybridized carbons (Fsp3) is 0.800. The maximum Gasteiger partial charge on any atom is -0.147 e. The Bertz CT molecular complexity index is 138. The Balaban J connectivity index is 0. The summed E-state index contributed by atoms with van der Waals surface area (Å²) >= 11 is -3.30. The summed E-state index contributed by atoms with van der Waals surface area (Å²) in [6.45, 7) is 4.23. The molecule has 0 aliphatic carbocycles. The quantitative estimate of drug-likeness (QED) is 0.427. The van der Waals surface area contributed by atoms with Gasteiger partial charge in [-0.05, 0) is 0 Å². The number of hydrogen-bond donors (Lipinski definition) is 0. The van der Waals surface area contributed by atoms with Crippen molar-refractivity contribution in [1.82, 2.24) is 0 Å². The van der Waals surface area contributed by atoms with Gasteiger partial charge in [-0.15, -0.1) is 12.4 Å². The summed E-state index contributed by atoms with van der Waals surface area (Å²) in [5.41, 5.74) is 0. The van der Waals surface area contributed by atoms with Gasteiger partial charge in [0.15, 0.2) is 0 Å². The number of halogens is 4. The molecule has 74 valence electrons. The summed E-state index contributed by atoms with van der Waals surface area (Å²) in [7, 11) is 17.3. The molecule has 0 heterocycles. The Labute approximate surface area is 94.0 Å². The van der Waals surface area contributed by atoms with Crippen LogP contribution in [0, 0.1) is 0 Å². The van der Waals surface area contributed by atoms with Crippen LogP contribution in [0.4, 0.5) is 0 Å². The molecule has 0 saturated heterocycles. The van der Waals surface area contributed by atoms with Gasteiger partial charge in [0.1, 0.15) is 0 Å². The van der Waals surface area contributed by atoms with Crippen LogP contribution in [0.15, 0.2) is 5.16 Å². The fourth-order valence-corrected chi connectivity index (χ4v) is 2.08. The zero-order valence-electron chi connectivity index (χ0n) is 6.76. The monoisotopic (exact) mass is 361 g/mol. The maximum atomic E-state index is 5.76. The van der Waals surface area contributed by atoms with Gasteiger partial charge >= 0.3 is 82.4 Å². The van der Waals surface area contributed by atoms with E-state index in [1.54, 1.807) is 6.21 Å². The second-order valence-corrected chi connectivity index (χ2v) is 23.6. The first-order valence-corrected chi connectivity index (χ1v) is 15.7. The van der Waals surface area contributed by atoms with Gasteiger partial charge < -0.3 is 0 Å². The molecule has 0 aliphatic rings. The zero-order valence-corrected chi connectivity index (χ0v) is 12.7. The standard InChI is InChI=1S/C5H10NO.4ClH.Sn/c1-3-5-6-7-4-2;;;;;/h3,5H,4H2,1-2H3;4*1H;/q;;;;;+3/p-3. The molecule has 1 unspecified atom stereocenters. The largest absolute Gasteiger partial charge is 0.147 e. The topological polar surface area (TPSA) is 21.6 Å². The SMILES string of the molecule is CCON=C[CH](C)[Sn]([Cl])([Cl])[Cl].Cl. The predicted molar refractivity (Wildman–Crippen MR) is 60.1 cm³/mol. The van der Waals surface area contributed by atoms with Gasteiger partial charge in [-0.3, -0.25) is 0 Å². The predicted octanol–water partition coefficient (Wildman–Crippen LogP) is 3.48. The van der Waals surface area contributed by atoms with Crippen LogP contribution in [0.25, 0.3) is 0 Å². The van der Waals surface area contributed by atoms with Crippen molar-refractivity contribution < 1.29 is 4.84 Å². The summed E-state index contributed by atoms with van der Waals surface area (Å²) in [5.74, 6) is 0. The Morgan fingerprint density at radius 3 is 2.33 bits per heavy atom. The van der Waals surface area contributed by atoms with Crippen LogP contribution in [-0.2, 0) is 4.84 Å². The minimum absolute atomic E-state index is 0. The van der Waals surface area contributed by atoms with Gasteiger partial charge in [-0.2, -0.15) is 0 Å². The minimum atomic E-state index is -3.30. The van der Waals surface area contributed by atoms with E-state index < -0.39 is 15.0 Å². The van der Waals surface area contributed by atoms with Crippen LogP contribution in [0.3, 0.4) is 0 Å². The van der Waals surface area contributed by atoms with E-state index in [0.717, 1.165) is 0 Å². The number of hydrogen-bond acceptors (Lipinski definition) is 2. The molecule has 0 aromatic rings. The van der Waals surface area contributed by atoms with E-state index in [-0.39, 0.29) is 16.3 Å². The third kappa shape index (κ3) is 8.05. The minimum Gasteiger partial charge on any atom is -0.147 e. The first-order chi connectivity index (χ1) is 4.98. The van der Waals surface area contributed by atoms with E-state index in [9.17, 15) is 0 Å². The summed E-state index contributed by atoms with van der Waals surface area (Å²) in [4.78, 5) is 4.73. The smallest absolute Gasteiger partial charge is 0.147 e. The van der Waals surface area contributed by atoms with Crippen LogP contribution < -0.4 is 0 Å². The normalized spacial score (nSPS) is 14.1. The Morgan fingerprint density at radius 2 is 2.00 bits per heavy atom. The van der Waals surface area contributed by atoms with Crippen molar-refractivity contribution in [3.05, 3.63) is 0 Å². The zero-order chi connectivity index (χ0) is 8.91. The molecule has 0 rings (SSSR count). The van der Waals surface area contributed by atoms with Crippen molar-refractivity contribution in [1.29, 1.82) is 0 Å². The summed E-state index contributed by atoms with van der Waals surface area (Å²) in [6, 6.07) is 0. The van der Waals surface area contributed by atoms with Crippen molar-refractivity contribution in [2.24, 2.45) is 5.16 Å². The molecule has 0 N–H and O–H groups in total. The summed E-state index contributed by atoms with van der Waals surface area (Å²) in [6.07, 6.45) is 1.56. The van der Waals surface area contributed by atoms with E-state index in [1.807, 2.05) is 13.8 Å².